The quantitative estimate of drug-likeness (QED) is 0.705. The van der Waals surface area contributed by atoms with Crippen LogP contribution in [-0.2, 0) is 6.42 Å². The van der Waals surface area contributed by atoms with Crippen molar-refractivity contribution >= 4 is 15.9 Å². The van der Waals surface area contributed by atoms with E-state index in [1.165, 1.54) is 4.90 Å². The van der Waals surface area contributed by atoms with Gasteiger partial charge in [0.25, 0.3) is 0 Å². The Balaban J connectivity index is 2.50. The second kappa shape index (κ2) is 7.75. The lowest BCUT2D eigenvalue weighted by molar-refractivity contribution is -0.145. The maximum absolute atomic E-state index is 12.4. The van der Waals surface area contributed by atoms with Gasteiger partial charge in [-0.3, -0.25) is 4.90 Å². The van der Waals surface area contributed by atoms with Crippen molar-refractivity contribution in [2.75, 3.05) is 32.1 Å². The van der Waals surface area contributed by atoms with Gasteiger partial charge in [0.05, 0.1) is 13.7 Å². The van der Waals surface area contributed by atoms with Gasteiger partial charge in [-0.2, -0.15) is 13.2 Å². The Labute approximate surface area is 119 Å². The van der Waals surface area contributed by atoms with E-state index >= 15 is 0 Å². The first-order valence-electron chi connectivity index (χ1n) is 5.92. The first-order valence-corrected chi connectivity index (χ1v) is 7.05. The Morgan fingerprint density at radius 2 is 1.79 bits per heavy atom. The van der Waals surface area contributed by atoms with Crippen LogP contribution in [0.25, 0.3) is 0 Å². The molecule has 0 spiro atoms. The third-order valence-electron chi connectivity index (χ3n) is 2.68. The fourth-order valence-corrected chi connectivity index (χ4v) is 2.22. The molecule has 6 heteroatoms. The zero-order valence-corrected chi connectivity index (χ0v) is 12.3. The Morgan fingerprint density at radius 3 is 2.26 bits per heavy atom. The summed E-state index contributed by atoms with van der Waals surface area (Å²) in [5, 5.41) is 0.533. The maximum Gasteiger partial charge on any atom is 0.401 e. The summed E-state index contributed by atoms with van der Waals surface area (Å²) < 4.78 is 42.2. The van der Waals surface area contributed by atoms with E-state index in [4.69, 9.17) is 4.74 Å². The van der Waals surface area contributed by atoms with Gasteiger partial charge in [-0.05, 0) is 24.1 Å². The van der Waals surface area contributed by atoms with Crippen LogP contribution in [0.1, 0.15) is 5.56 Å². The van der Waals surface area contributed by atoms with Crippen LogP contribution >= 0.6 is 15.9 Å². The van der Waals surface area contributed by atoms with Gasteiger partial charge in [0.1, 0.15) is 5.75 Å². The number of ether oxygens (including phenoxy) is 1. The highest BCUT2D eigenvalue weighted by Crippen LogP contribution is 2.17. The average Bonchev–Trinajstić information content (AvgIpc) is 2.35. The van der Waals surface area contributed by atoms with Crippen LogP contribution in [0.2, 0.25) is 0 Å². The number of nitrogens with zero attached hydrogens (tertiary/aromatic N) is 1. The maximum atomic E-state index is 12.4. The van der Waals surface area contributed by atoms with Crippen molar-refractivity contribution in [3.63, 3.8) is 0 Å². The normalized spacial score (nSPS) is 11.9. The van der Waals surface area contributed by atoms with E-state index in [-0.39, 0.29) is 0 Å². The van der Waals surface area contributed by atoms with E-state index in [0.717, 1.165) is 11.3 Å². The summed E-state index contributed by atoms with van der Waals surface area (Å²) in [7, 11) is 1.58. The molecule has 0 bridgehead atoms. The van der Waals surface area contributed by atoms with Gasteiger partial charge in [-0.1, -0.05) is 28.1 Å². The van der Waals surface area contributed by atoms with Gasteiger partial charge in [0.2, 0.25) is 0 Å². The molecule has 0 radical (unpaired) electrons. The summed E-state index contributed by atoms with van der Waals surface area (Å²) in [6.45, 7) is -0.0954. The molecule has 1 rings (SSSR count). The number of hydrogen-bond donors (Lipinski definition) is 0. The van der Waals surface area contributed by atoms with E-state index in [2.05, 4.69) is 15.9 Å². The van der Waals surface area contributed by atoms with Crippen molar-refractivity contribution in [2.24, 2.45) is 0 Å². The minimum absolute atomic E-state index is 0.385. The highest BCUT2D eigenvalue weighted by atomic mass is 79.9. The molecule has 0 unspecified atom stereocenters. The van der Waals surface area contributed by atoms with E-state index in [0.29, 0.717) is 24.8 Å². The molecule has 1 aromatic carbocycles. The molecule has 0 aliphatic heterocycles. The Hall–Kier alpha value is -0.750. The van der Waals surface area contributed by atoms with E-state index in [1.54, 1.807) is 7.11 Å². The topological polar surface area (TPSA) is 12.5 Å². The summed E-state index contributed by atoms with van der Waals surface area (Å²) in [5.74, 6) is 0.747. The summed E-state index contributed by atoms with van der Waals surface area (Å²) >= 11 is 3.18. The molecular weight excluding hydrogens is 323 g/mol. The molecule has 1 aromatic rings. The van der Waals surface area contributed by atoms with Crippen molar-refractivity contribution in [2.45, 2.75) is 12.6 Å². The minimum atomic E-state index is -4.15. The molecule has 0 aromatic heterocycles. The smallest absolute Gasteiger partial charge is 0.401 e. The van der Waals surface area contributed by atoms with Crippen molar-refractivity contribution in [3.05, 3.63) is 29.8 Å². The fourth-order valence-electron chi connectivity index (χ4n) is 1.72. The molecule has 0 aliphatic carbocycles. The van der Waals surface area contributed by atoms with Crippen LogP contribution < -0.4 is 4.74 Å². The zero-order valence-electron chi connectivity index (χ0n) is 10.7. The van der Waals surface area contributed by atoms with Gasteiger partial charge < -0.3 is 4.74 Å². The number of hydrogen-bond acceptors (Lipinski definition) is 2. The molecule has 0 amide bonds. The second-order valence-corrected chi connectivity index (χ2v) is 4.97. The predicted molar refractivity (Wildman–Crippen MR) is 73.0 cm³/mol. The second-order valence-electron chi connectivity index (χ2n) is 4.18. The molecule has 19 heavy (non-hydrogen) atoms. The van der Waals surface area contributed by atoms with Crippen LogP contribution in [0, 0.1) is 0 Å². The van der Waals surface area contributed by atoms with E-state index < -0.39 is 12.7 Å². The van der Waals surface area contributed by atoms with Gasteiger partial charge in [0, 0.05) is 18.4 Å². The Bertz CT molecular complexity index is 367. The van der Waals surface area contributed by atoms with Crippen molar-refractivity contribution < 1.29 is 17.9 Å². The van der Waals surface area contributed by atoms with Crippen LogP contribution in [0.4, 0.5) is 13.2 Å². The summed E-state index contributed by atoms with van der Waals surface area (Å²) in [5.41, 5.74) is 1.00. The molecule has 0 saturated heterocycles. The monoisotopic (exact) mass is 339 g/mol. The molecule has 0 atom stereocenters. The third kappa shape index (κ3) is 6.82. The number of benzene rings is 1. The number of rotatable bonds is 7. The summed E-state index contributed by atoms with van der Waals surface area (Å²) in [6.07, 6.45) is -3.56. The molecule has 0 aliphatic rings. The van der Waals surface area contributed by atoms with E-state index in [9.17, 15) is 13.2 Å². The number of alkyl halides is 4. The molecule has 2 nitrogen and oxygen atoms in total. The third-order valence-corrected chi connectivity index (χ3v) is 3.03. The molecule has 0 heterocycles. The van der Waals surface area contributed by atoms with Crippen molar-refractivity contribution in [1.29, 1.82) is 0 Å². The highest BCUT2D eigenvalue weighted by molar-refractivity contribution is 9.09. The van der Waals surface area contributed by atoms with Gasteiger partial charge in [0.15, 0.2) is 0 Å². The lowest BCUT2D eigenvalue weighted by Gasteiger charge is -2.22. The standard InChI is InChI=1S/C13H17BrF3NO/c1-19-12-4-2-11(3-5-12)6-8-18(9-7-14)10-13(15,16)17/h2-5H,6-10H2,1H3. The fraction of sp³-hybridized carbons (Fsp3) is 0.538. The largest absolute Gasteiger partial charge is 0.497 e. The summed E-state index contributed by atoms with van der Waals surface area (Å²) in [4.78, 5) is 1.40. The lowest BCUT2D eigenvalue weighted by atomic mass is 10.1. The Morgan fingerprint density at radius 1 is 1.16 bits per heavy atom. The lowest BCUT2D eigenvalue weighted by Crippen LogP contribution is -2.36. The molecular formula is C13H17BrF3NO. The highest BCUT2D eigenvalue weighted by Gasteiger charge is 2.30. The number of methoxy groups -OCH3 is 1. The first-order chi connectivity index (χ1) is 8.94. The van der Waals surface area contributed by atoms with Crippen molar-refractivity contribution in [1.82, 2.24) is 4.90 Å². The molecule has 0 saturated carbocycles. The first kappa shape index (κ1) is 16.3. The van der Waals surface area contributed by atoms with Gasteiger partial charge >= 0.3 is 6.18 Å². The average molecular weight is 340 g/mol. The predicted octanol–water partition coefficient (Wildman–Crippen LogP) is 3.50. The van der Waals surface area contributed by atoms with Gasteiger partial charge in [-0.15, -0.1) is 0 Å². The number of halogens is 4. The van der Waals surface area contributed by atoms with Crippen LogP contribution in [-0.4, -0.2) is 43.2 Å². The summed E-state index contributed by atoms with van der Waals surface area (Å²) in [6, 6.07) is 7.37. The Kier molecular flexibility index (Phi) is 6.65. The molecule has 0 fully saturated rings. The van der Waals surface area contributed by atoms with Crippen molar-refractivity contribution in [3.8, 4) is 5.75 Å². The van der Waals surface area contributed by atoms with Crippen LogP contribution in [0.3, 0.4) is 0 Å². The van der Waals surface area contributed by atoms with E-state index in [1.807, 2.05) is 24.3 Å². The SMILES string of the molecule is COc1ccc(CCN(CCBr)CC(F)(F)F)cc1. The zero-order chi connectivity index (χ0) is 14.3. The molecule has 0 N–H and O–H groups in total. The van der Waals surface area contributed by atoms with Crippen LogP contribution in [0.15, 0.2) is 24.3 Å². The minimum Gasteiger partial charge on any atom is -0.497 e. The van der Waals surface area contributed by atoms with Crippen LogP contribution in [0.5, 0.6) is 5.75 Å². The van der Waals surface area contributed by atoms with Gasteiger partial charge in [-0.25, -0.2) is 0 Å². The molecule has 108 valence electrons.